The molecule has 2 aliphatic rings. The van der Waals surface area contributed by atoms with Gasteiger partial charge in [0.1, 0.15) is 0 Å². The van der Waals surface area contributed by atoms with Gasteiger partial charge in [0.2, 0.25) is 5.91 Å². The molecular weight excluding hydrogens is 170 g/mol. The summed E-state index contributed by atoms with van der Waals surface area (Å²) in [6.45, 7) is 2.74. The minimum atomic E-state index is -0.241. The zero-order chi connectivity index (χ0) is 9.26. The molecule has 0 radical (unpaired) electrons. The quantitative estimate of drug-likeness (QED) is 0.605. The summed E-state index contributed by atoms with van der Waals surface area (Å²) in [4.78, 5) is 13.5. The third-order valence-electron chi connectivity index (χ3n) is 2.79. The molecule has 1 N–H and O–H groups in total. The van der Waals surface area contributed by atoms with Crippen LogP contribution in [0.25, 0.3) is 0 Å². The Kier molecular flexibility index (Phi) is 2.51. The lowest BCUT2D eigenvalue weighted by atomic mass is 9.81. The summed E-state index contributed by atoms with van der Waals surface area (Å²) in [5.74, 6) is 0.279. The molecule has 0 aromatic carbocycles. The van der Waals surface area contributed by atoms with E-state index in [0.29, 0.717) is 39.1 Å². The van der Waals surface area contributed by atoms with Crippen LogP contribution >= 0.6 is 0 Å². The van der Waals surface area contributed by atoms with Crippen molar-refractivity contribution in [1.82, 2.24) is 4.90 Å². The highest BCUT2D eigenvalue weighted by Crippen LogP contribution is 2.29. The van der Waals surface area contributed by atoms with Gasteiger partial charge in [0, 0.05) is 19.0 Å². The summed E-state index contributed by atoms with van der Waals surface area (Å²) in [7, 11) is 0. The smallest absolute Gasteiger partial charge is 0.226 e. The highest BCUT2D eigenvalue weighted by atomic mass is 16.5. The average molecular weight is 185 g/mol. The fraction of sp³-hybridized carbons (Fsp3) is 0.889. The Balaban J connectivity index is 1.82. The van der Waals surface area contributed by atoms with Crippen molar-refractivity contribution in [2.75, 3.05) is 26.3 Å². The maximum absolute atomic E-state index is 11.7. The number of carbonyl (C=O) groups is 1. The molecule has 1 aliphatic carbocycles. The van der Waals surface area contributed by atoms with Gasteiger partial charge >= 0.3 is 0 Å². The lowest BCUT2D eigenvalue weighted by molar-refractivity contribution is -0.146. The largest absolute Gasteiger partial charge is 0.393 e. The summed E-state index contributed by atoms with van der Waals surface area (Å²) >= 11 is 0. The van der Waals surface area contributed by atoms with E-state index in [4.69, 9.17) is 9.84 Å². The molecule has 2 fully saturated rings. The summed E-state index contributed by atoms with van der Waals surface area (Å²) in [5, 5.41) is 9.07. The van der Waals surface area contributed by atoms with Crippen LogP contribution in [0, 0.1) is 5.92 Å². The maximum atomic E-state index is 11.7. The molecule has 74 valence electrons. The average Bonchev–Trinajstić information content (AvgIpc) is 2.13. The summed E-state index contributed by atoms with van der Waals surface area (Å²) in [6, 6.07) is 0. The lowest BCUT2D eigenvalue weighted by Crippen LogP contribution is -2.48. The number of morpholine rings is 1. The number of nitrogens with zero attached hydrogens (tertiary/aromatic N) is 1. The van der Waals surface area contributed by atoms with Crippen molar-refractivity contribution >= 4 is 5.91 Å². The van der Waals surface area contributed by atoms with Crippen molar-refractivity contribution < 1.29 is 14.6 Å². The van der Waals surface area contributed by atoms with Crippen LogP contribution in [-0.2, 0) is 9.53 Å². The van der Waals surface area contributed by atoms with E-state index in [0.717, 1.165) is 0 Å². The second-order valence-electron chi connectivity index (χ2n) is 3.76. The third-order valence-corrected chi connectivity index (χ3v) is 2.79. The number of ether oxygens (including phenoxy) is 1. The van der Waals surface area contributed by atoms with Gasteiger partial charge in [-0.15, -0.1) is 0 Å². The summed E-state index contributed by atoms with van der Waals surface area (Å²) in [6.07, 6.45) is 1.06. The van der Waals surface area contributed by atoms with Crippen molar-refractivity contribution in [3.8, 4) is 0 Å². The normalized spacial score (nSPS) is 34.1. The standard InChI is InChI=1S/C9H15NO3/c11-8-5-7(6-8)9(12)10-1-3-13-4-2-10/h7-8,11H,1-6H2. The molecule has 0 spiro atoms. The molecule has 1 saturated carbocycles. The van der Waals surface area contributed by atoms with Crippen LogP contribution in [0.1, 0.15) is 12.8 Å². The summed E-state index contributed by atoms with van der Waals surface area (Å²) in [5.41, 5.74) is 0. The van der Waals surface area contributed by atoms with Crippen molar-refractivity contribution in [3.05, 3.63) is 0 Å². The predicted molar refractivity (Wildman–Crippen MR) is 46.1 cm³/mol. The van der Waals surface area contributed by atoms with Gasteiger partial charge in [0.05, 0.1) is 19.3 Å². The molecule has 2 rings (SSSR count). The number of amides is 1. The maximum Gasteiger partial charge on any atom is 0.226 e. The molecule has 0 aromatic heterocycles. The van der Waals surface area contributed by atoms with Crippen LogP contribution in [0.15, 0.2) is 0 Å². The van der Waals surface area contributed by atoms with Gasteiger partial charge < -0.3 is 14.7 Å². The van der Waals surface area contributed by atoms with E-state index in [2.05, 4.69) is 0 Å². The van der Waals surface area contributed by atoms with Crippen molar-refractivity contribution in [2.24, 2.45) is 5.92 Å². The fourth-order valence-corrected chi connectivity index (χ4v) is 1.83. The second-order valence-corrected chi connectivity index (χ2v) is 3.76. The van der Waals surface area contributed by atoms with Gasteiger partial charge in [-0.2, -0.15) is 0 Å². The number of aliphatic hydroxyl groups excluding tert-OH is 1. The molecule has 1 heterocycles. The number of aliphatic hydroxyl groups is 1. The van der Waals surface area contributed by atoms with E-state index in [9.17, 15) is 4.79 Å². The Hall–Kier alpha value is -0.610. The Morgan fingerprint density at radius 2 is 1.92 bits per heavy atom. The molecule has 1 amide bonds. The topological polar surface area (TPSA) is 49.8 Å². The van der Waals surface area contributed by atoms with Crippen LogP contribution in [0.4, 0.5) is 0 Å². The Labute approximate surface area is 77.5 Å². The van der Waals surface area contributed by atoms with E-state index in [1.54, 1.807) is 0 Å². The molecule has 4 heteroatoms. The van der Waals surface area contributed by atoms with E-state index in [1.807, 2.05) is 4.90 Å². The molecule has 4 nitrogen and oxygen atoms in total. The number of hydrogen-bond acceptors (Lipinski definition) is 3. The summed E-state index contributed by atoms with van der Waals surface area (Å²) < 4.78 is 5.16. The number of rotatable bonds is 1. The van der Waals surface area contributed by atoms with Crippen LogP contribution < -0.4 is 0 Å². The lowest BCUT2D eigenvalue weighted by Gasteiger charge is -2.36. The molecule has 13 heavy (non-hydrogen) atoms. The fourth-order valence-electron chi connectivity index (χ4n) is 1.83. The van der Waals surface area contributed by atoms with E-state index in [1.165, 1.54) is 0 Å². The molecule has 0 unspecified atom stereocenters. The highest BCUT2D eigenvalue weighted by Gasteiger charge is 2.35. The third kappa shape index (κ3) is 1.84. The molecule has 1 aliphatic heterocycles. The first-order valence-corrected chi connectivity index (χ1v) is 4.82. The molecule has 1 saturated heterocycles. The van der Waals surface area contributed by atoms with Gasteiger partial charge in [0.15, 0.2) is 0 Å². The predicted octanol–water partition coefficient (Wildman–Crippen LogP) is -0.384. The second kappa shape index (κ2) is 3.64. The molecular formula is C9H15NO3. The first-order chi connectivity index (χ1) is 6.27. The first-order valence-electron chi connectivity index (χ1n) is 4.82. The minimum Gasteiger partial charge on any atom is -0.393 e. The Bertz CT molecular complexity index is 195. The number of carbonyl (C=O) groups excluding carboxylic acids is 1. The molecule has 0 bridgehead atoms. The molecule has 0 atom stereocenters. The van der Waals surface area contributed by atoms with Gasteiger partial charge in [-0.25, -0.2) is 0 Å². The van der Waals surface area contributed by atoms with Gasteiger partial charge in [0.25, 0.3) is 0 Å². The van der Waals surface area contributed by atoms with Crippen molar-refractivity contribution in [2.45, 2.75) is 18.9 Å². The van der Waals surface area contributed by atoms with Gasteiger partial charge in [-0.3, -0.25) is 4.79 Å². The Morgan fingerprint density at radius 1 is 1.31 bits per heavy atom. The van der Waals surface area contributed by atoms with Crippen LogP contribution in [0.2, 0.25) is 0 Å². The van der Waals surface area contributed by atoms with Gasteiger partial charge in [-0.1, -0.05) is 0 Å². The highest BCUT2D eigenvalue weighted by molar-refractivity contribution is 5.79. The van der Waals surface area contributed by atoms with Gasteiger partial charge in [-0.05, 0) is 12.8 Å². The first kappa shape index (κ1) is 8.97. The van der Waals surface area contributed by atoms with Crippen LogP contribution in [0.5, 0.6) is 0 Å². The molecule has 0 aromatic rings. The zero-order valence-corrected chi connectivity index (χ0v) is 7.61. The van der Waals surface area contributed by atoms with Crippen LogP contribution in [0.3, 0.4) is 0 Å². The minimum absolute atomic E-state index is 0.0769. The van der Waals surface area contributed by atoms with Crippen molar-refractivity contribution in [1.29, 1.82) is 0 Å². The van der Waals surface area contributed by atoms with E-state index < -0.39 is 0 Å². The number of hydrogen-bond donors (Lipinski definition) is 1. The van der Waals surface area contributed by atoms with Crippen molar-refractivity contribution in [3.63, 3.8) is 0 Å². The zero-order valence-electron chi connectivity index (χ0n) is 7.61. The van der Waals surface area contributed by atoms with E-state index in [-0.39, 0.29) is 17.9 Å². The Morgan fingerprint density at radius 3 is 2.46 bits per heavy atom. The monoisotopic (exact) mass is 185 g/mol. The van der Waals surface area contributed by atoms with E-state index >= 15 is 0 Å². The van der Waals surface area contributed by atoms with Crippen LogP contribution in [-0.4, -0.2) is 48.3 Å². The SMILES string of the molecule is O=C(C1CC(O)C1)N1CCOCC1.